The van der Waals surface area contributed by atoms with Gasteiger partial charge >= 0.3 is 5.97 Å². The third-order valence-corrected chi connectivity index (χ3v) is 4.05. The Hall–Kier alpha value is -2.10. The quantitative estimate of drug-likeness (QED) is 0.306. The number of unbranched alkanes of at least 4 members (excludes halogenated alkanes) is 7. The van der Waals surface area contributed by atoms with Crippen LogP contribution in [-0.2, 0) is 9.68 Å². The lowest BCUT2D eigenvalue weighted by Crippen LogP contribution is -2.08. The summed E-state index contributed by atoms with van der Waals surface area (Å²) in [5.41, 5.74) is 0.694. The van der Waals surface area contributed by atoms with Gasteiger partial charge in [-0.05, 0) is 18.6 Å². The Balaban J connectivity index is 1.63. The second kappa shape index (κ2) is 10.6. The first kappa shape index (κ1) is 18.2. The molecule has 0 saturated heterocycles. The molecule has 1 aromatic heterocycles. The Morgan fingerprint density at radius 2 is 1.67 bits per heavy atom. The van der Waals surface area contributed by atoms with E-state index in [9.17, 15) is 4.79 Å². The van der Waals surface area contributed by atoms with Crippen molar-refractivity contribution in [1.82, 2.24) is 4.98 Å². The normalized spacial score (nSPS) is 10.7. The number of fused-ring (bicyclic) bond motifs is 1. The maximum atomic E-state index is 11.8. The van der Waals surface area contributed by atoms with Crippen LogP contribution in [0, 0.1) is 0 Å². The van der Waals surface area contributed by atoms with Crippen molar-refractivity contribution in [1.29, 1.82) is 0 Å². The predicted molar refractivity (Wildman–Crippen MR) is 95.7 cm³/mol. The van der Waals surface area contributed by atoms with Crippen molar-refractivity contribution in [2.75, 3.05) is 0 Å². The van der Waals surface area contributed by atoms with Crippen molar-refractivity contribution in [3.63, 3.8) is 0 Å². The molecule has 24 heavy (non-hydrogen) atoms. The summed E-state index contributed by atoms with van der Waals surface area (Å²) in [6, 6.07) is 9.35. The van der Waals surface area contributed by atoms with Gasteiger partial charge in [0.25, 0.3) is 0 Å². The lowest BCUT2D eigenvalue weighted by atomic mass is 10.1. The van der Waals surface area contributed by atoms with Crippen molar-refractivity contribution in [2.45, 2.75) is 64.7 Å². The second-order valence-corrected chi connectivity index (χ2v) is 6.09. The first-order chi connectivity index (χ1) is 11.8. The zero-order valence-corrected chi connectivity index (χ0v) is 14.5. The summed E-state index contributed by atoms with van der Waals surface area (Å²) in [4.78, 5) is 26.1. The Labute approximate surface area is 144 Å². The molecule has 1 aromatic carbocycles. The zero-order valence-electron chi connectivity index (χ0n) is 14.5. The molecule has 0 aliphatic heterocycles. The van der Waals surface area contributed by atoms with Gasteiger partial charge in [0.1, 0.15) is 5.52 Å². The van der Waals surface area contributed by atoms with Crippen molar-refractivity contribution in [2.24, 2.45) is 0 Å². The Morgan fingerprint density at radius 3 is 2.46 bits per heavy atom. The van der Waals surface area contributed by atoms with E-state index in [1.807, 2.05) is 24.3 Å². The highest BCUT2D eigenvalue weighted by Gasteiger charge is 2.08. The van der Waals surface area contributed by atoms with Crippen molar-refractivity contribution in [3.8, 4) is 5.75 Å². The molecule has 0 atom stereocenters. The number of pyridine rings is 1. The highest BCUT2D eigenvalue weighted by molar-refractivity contribution is 5.84. The van der Waals surface area contributed by atoms with Crippen LogP contribution in [0.4, 0.5) is 0 Å². The van der Waals surface area contributed by atoms with Crippen LogP contribution in [0.15, 0.2) is 36.5 Å². The van der Waals surface area contributed by atoms with Gasteiger partial charge in [-0.3, -0.25) is 14.8 Å². The first-order valence-electron chi connectivity index (χ1n) is 9.02. The van der Waals surface area contributed by atoms with E-state index in [-0.39, 0.29) is 5.97 Å². The van der Waals surface area contributed by atoms with Crippen molar-refractivity contribution in [3.05, 3.63) is 36.5 Å². The minimum absolute atomic E-state index is 0.325. The summed E-state index contributed by atoms with van der Waals surface area (Å²) in [6.45, 7) is 2.22. The first-order valence-corrected chi connectivity index (χ1v) is 9.02. The predicted octanol–water partition coefficient (Wildman–Crippen LogP) is 5.60. The van der Waals surface area contributed by atoms with E-state index < -0.39 is 0 Å². The minimum atomic E-state index is -0.325. The molecule has 0 amide bonds. The Bertz CT molecular complexity index is 622. The van der Waals surface area contributed by atoms with Gasteiger partial charge in [0.2, 0.25) is 5.75 Å². The van der Waals surface area contributed by atoms with E-state index in [1.54, 1.807) is 12.3 Å². The maximum Gasteiger partial charge on any atom is 0.355 e. The molecule has 2 rings (SSSR count). The summed E-state index contributed by atoms with van der Waals surface area (Å²) in [6.07, 6.45) is 11.7. The van der Waals surface area contributed by atoms with Gasteiger partial charge in [-0.2, -0.15) is 0 Å². The number of rotatable bonds is 11. The molecule has 1 heterocycles. The topological polar surface area (TPSA) is 48.4 Å². The zero-order chi connectivity index (χ0) is 17.0. The van der Waals surface area contributed by atoms with Crippen LogP contribution < -0.4 is 4.89 Å². The molecular formula is C20H27NO3. The summed E-state index contributed by atoms with van der Waals surface area (Å²) in [5, 5.41) is 0.953. The van der Waals surface area contributed by atoms with Gasteiger partial charge in [0.15, 0.2) is 0 Å². The van der Waals surface area contributed by atoms with Gasteiger partial charge in [0, 0.05) is 11.6 Å². The molecule has 0 saturated carbocycles. The molecular weight excluding hydrogens is 302 g/mol. The SMILES string of the molecule is CCCCCCCCCCC(=O)OOc1cccc2cccnc12. The number of nitrogens with zero attached hydrogens (tertiary/aromatic N) is 1. The maximum absolute atomic E-state index is 11.8. The smallest absolute Gasteiger partial charge is 0.285 e. The molecule has 0 spiro atoms. The number of carbonyl (C=O) groups excluding carboxylic acids is 1. The number of benzene rings is 1. The molecule has 0 aliphatic carbocycles. The van der Waals surface area contributed by atoms with Crippen LogP contribution in [0.2, 0.25) is 0 Å². The highest BCUT2D eigenvalue weighted by atomic mass is 17.2. The molecule has 0 bridgehead atoms. The summed E-state index contributed by atoms with van der Waals surface area (Å²) >= 11 is 0. The van der Waals surface area contributed by atoms with Gasteiger partial charge in [-0.1, -0.05) is 70.1 Å². The Morgan fingerprint density at radius 1 is 0.958 bits per heavy atom. The molecule has 0 unspecified atom stereocenters. The van der Waals surface area contributed by atoms with E-state index in [2.05, 4.69) is 11.9 Å². The van der Waals surface area contributed by atoms with Crippen LogP contribution in [0.5, 0.6) is 5.75 Å². The summed E-state index contributed by atoms with van der Waals surface area (Å²) < 4.78 is 0. The third kappa shape index (κ3) is 6.19. The average molecular weight is 329 g/mol. The van der Waals surface area contributed by atoms with Crippen LogP contribution in [0.3, 0.4) is 0 Å². The van der Waals surface area contributed by atoms with Gasteiger partial charge in [-0.15, -0.1) is 0 Å². The van der Waals surface area contributed by atoms with Gasteiger partial charge < -0.3 is 0 Å². The molecule has 2 aromatic rings. The highest BCUT2D eigenvalue weighted by Crippen LogP contribution is 2.23. The molecule has 0 fully saturated rings. The average Bonchev–Trinajstić information content (AvgIpc) is 2.62. The fourth-order valence-electron chi connectivity index (χ4n) is 2.68. The number of para-hydroxylation sites is 1. The van der Waals surface area contributed by atoms with Crippen LogP contribution in [0.25, 0.3) is 10.9 Å². The lowest BCUT2D eigenvalue weighted by molar-refractivity contribution is -0.213. The Kier molecular flexibility index (Phi) is 8.08. The third-order valence-electron chi connectivity index (χ3n) is 4.05. The van der Waals surface area contributed by atoms with Gasteiger partial charge in [-0.25, -0.2) is 4.79 Å². The standard InChI is InChI=1S/C20H27NO3/c1-2-3-4-5-6-7-8-9-15-19(22)24-23-18-14-10-12-17-13-11-16-21-20(17)18/h10-14,16H,2-9,15H2,1H3. The fourth-order valence-corrected chi connectivity index (χ4v) is 2.68. The minimum Gasteiger partial charge on any atom is -0.285 e. The number of hydrogen-bond acceptors (Lipinski definition) is 4. The van der Waals surface area contributed by atoms with Crippen LogP contribution >= 0.6 is 0 Å². The molecule has 130 valence electrons. The second-order valence-electron chi connectivity index (χ2n) is 6.09. The van der Waals surface area contributed by atoms with Crippen molar-refractivity contribution >= 4 is 16.9 Å². The molecule has 4 heteroatoms. The van der Waals surface area contributed by atoms with E-state index in [4.69, 9.17) is 9.78 Å². The monoisotopic (exact) mass is 329 g/mol. The number of carbonyl (C=O) groups is 1. The van der Waals surface area contributed by atoms with E-state index in [0.717, 1.165) is 18.2 Å². The molecule has 0 N–H and O–H groups in total. The van der Waals surface area contributed by atoms with Crippen molar-refractivity contribution < 1.29 is 14.6 Å². The number of aromatic nitrogens is 1. The molecule has 0 radical (unpaired) electrons. The van der Waals surface area contributed by atoms with E-state index >= 15 is 0 Å². The summed E-state index contributed by atoms with van der Waals surface area (Å²) in [5.74, 6) is 0.145. The molecule has 4 nitrogen and oxygen atoms in total. The largest absolute Gasteiger partial charge is 0.355 e. The summed E-state index contributed by atoms with van der Waals surface area (Å²) in [7, 11) is 0. The molecule has 0 aliphatic rings. The fraction of sp³-hybridized carbons (Fsp3) is 0.500. The van der Waals surface area contributed by atoms with E-state index in [0.29, 0.717) is 17.7 Å². The van der Waals surface area contributed by atoms with Crippen LogP contribution in [-0.4, -0.2) is 11.0 Å². The van der Waals surface area contributed by atoms with Crippen LogP contribution in [0.1, 0.15) is 64.7 Å². The van der Waals surface area contributed by atoms with E-state index in [1.165, 1.54) is 38.5 Å². The lowest BCUT2D eigenvalue weighted by Gasteiger charge is -2.06. The van der Waals surface area contributed by atoms with Gasteiger partial charge in [0.05, 0.1) is 6.42 Å². The number of hydrogen-bond donors (Lipinski definition) is 0.